The molecule has 1 unspecified atom stereocenters. The zero-order valence-corrected chi connectivity index (χ0v) is 13.1. The van der Waals surface area contributed by atoms with Gasteiger partial charge in [0, 0.05) is 19.9 Å². The smallest absolute Gasteiger partial charge is 0.127 e. The van der Waals surface area contributed by atoms with Gasteiger partial charge in [0.25, 0.3) is 0 Å². The van der Waals surface area contributed by atoms with Crippen LogP contribution in [-0.4, -0.2) is 24.0 Å². The van der Waals surface area contributed by atoms with Crippen molar-refractivity contribution in [1.82, 2.24) is 9.78 Å². The molecular formula is C14H17BrN2O2. The lowest BCUT2D eigenvalue weighted by molar-refractivity contribution is 0.132. The van der Waals surface area contributed by atoms with E-state index in [-0.39, 0.29) is 6.10 Å². The van der Waals surface area contributed by atoms with Crippen LogP contribution in [0.1, 0.15) is 23.1 Å². The van der Waals surface area contributed by atoms with Gasteiger partial charge in [-0.15, -0.1) is 0 Å². The molecule has 1 heterocycles. The van der Waals surface area contributed by atoms with E-state index in [2.05, 4.69) is 21.0 Å². The van der Waals surface area contributed by atoms with Crippen LogP contribution in [0.5, 0.6) is 5.75 Å². The fourth-order valence-electron chi connectivity index (χ4n) is 1.96. The van der Waals surface area contributed by atoms with Gasteiger partial charge in [-0.2, -0.15) is 5.10 Å². The molecule has 2 aromatic rings. The second-order valence-electron chi connectivity index (χ2n) is 4.30. The molecule has 0 aliphatic carbocycles. The zero-order valence-electron chi connectivity index (χ0n) is 11.5. The summed E-state index contributed by atoms with van der Waals surface area (Å²) in [7, 11) is 5.26. The molecule has 2 rings (SSSR count). The Morgan fingerprint density at radius 3 is 2.26 bits per heavy atom. The van der Waals surface area contributed by atoms with Crippen LogP contribution in [0.15, 0.2) is 28.7 Å². The molecule has 1 atom stereocenters. The van der Waals surface area contributed by atoms with Crippen molar-refractivity contribution in [3.8, 4) is 5.75 Å². The molecule has 0 fully saturated rings. The maximum absolute atomic E-state index is 5.60. The third-order valence-corrected chi connectivity index (χ3v) is 4.17. The Balaban J connectivity index is 2.40. The van der Waals surface area contributed by atoms with Crippen LogP contribution in [-0.2, 0) is 11.8 Å². The van der Waals surface area contributed by atoms with Crippen LogP contribution < -0.4 is 4.74 Å². The highest BCUT2D eigenvalue weighted by atomic mass is 79.9. The largest absolute Gasteiger partial charge is 0.497 e. The van der Waals surface area contributed by atoms with Gasteiger partial charge in [0.2, 0.25) is 0 Å². The van der Waals surface area contributed by atoms with Gasteiger partial charge in [-0.1, -0.05) is 12.1 Å². The number of aromatic nitrogens is 2. The highest BCUT2D eigenvalue weighted by Crippen LogP contribution is 2.32. The summed E-state index contributed by atoms with van der Waals surface area (Å²) in [4.78, 5) is 0. The van der Waals surface area contributed by atoms with Crippen molar-refractivity contribution < 1.29 is 9.47 Å². The number of methoxy groups -OCH3 is 2. The second-order valence-corrected chi connectivity index (χ2v) is 5.09. The number of halogens is 1. The van der Waals surface area contributed by atoms with E-state index in [1.54, 1.807) is 14.2 Å². The molecule has 19 heavy (non-hydrogen) atoms. The average molecular weight is 325 g/mol. The minimum Gasteiger partial charge on any atom is -0.497 e. The average Bonchev–Trinajstić information content (AvgIpc) is 2.68. The van der Waals surface area contributed by atoms with Crippen LogP contribution in [0.4, 0.5) is 0 Å². The number of ether oxygens (including phenoxy) is 2. The van der Waals surface area contributed by atoms with Crippen LogP contribution in [0, 0.1) is 6.92 Å². The van der Waals surface area contributed by atoms with Crippen molar-refractivity contribution in [2.24, 2.45) is 7.05 Å². The summed E-state index contributed by atoms with van der Waals surface area (Å²) < 4.78 is 13.6. The van der Waals surface area contributed by atoms with Crippen molar-refractivity contribution in [1.29, 1.82) is 0 Å². The van der Waals surface area contributed by atoms with Crippen molar-refractivity contribution >= 4 is 15.9 Å². The molecule has 0 aliphatic heterocycles. The lowest BCUT2D eigenvalue weighted by atomic mass is 10.1. The first-order chi connectivity index (χ1) is 9.08. The van der Waals surface area contributed by atoms with Crippen molar-refractivity contribution in [3.63, 3.8) is 0 Å². The van der Waals surface area contributed by atoms with Gasteiger partial charge in [0.15, 0.2) is 0 Å². The molecular weight excluding hydrogens is 308 g/mol. The summed E-state index contributed by atoms with van der Waals surface area (Å²) in [6.45, 7) is 2.02. The standard InChI is InChI=1S/C14H17BrN2O2/c1-9-12(15)13(16-17(9)2)14(19-4)10-5-7-11(18-3)8-6-10/h5-8,14H,1-4H3. The predicted molar refractivity (Wildman–Crippen MR) is 77.5 cm³/mol. The minimum atomic E-state index is -0.194. The molecule has 0 amide bonds. The van der Waals surface area contributed by atoms with Crippen LogP contribution >= 0.6 is 15.9 Å². The third-order valence-electron chi connectivity index (χ3n) is 3.19. The molecule has 0 saturated heterocycles. The molecule has 1 aromatic carbocycles. The van der Waals surface area contributed by atoms with E-state index < -0.39 is 0 Å². The Hall–Kier alpha value is -1.33. The maximum atomic E-state index is 5.60. The Morgan fingerprint density at radius 2 is 1.84 bits per heavy atom. The summed E-state index contributed by atoms with van der Waals surface area (Å²) in [6.07, 6.45) is -0.194. The summed E-state index contributed by atoms with van der Waals surface area (Å²) in [6, 6.07) is 7.82. The van der Waals surface area contributed by atoms with Crippen molar-refractivity contribution in [3.05, 3.63) is 45.7 Å². The van der Waals surface area contributed by atoms with Crippen LogP contribution in [0.3, 0.4) is 0 Å². The number of nitrogens with zero attached hydrogens (tertiary/aromatic N) is 2. The molecule has 5 heteroatoms. The first-order valence-electron chi connectivity index (χ1n) is 5.94. The summed E-state index contributed by atoms with van der Waals surface area (Å²) in [5.41, 5.74) is 3.00. The molecule has 0 aliphatic rings. The Morgan fingerprint density at radius 1 is 1.21 bits per heavy atom. The van der Waals surface area contributed by atoms with E-state index in [4.69, 9.17) is 9.47 Å². The Kier molecular flexibility index (Phi) is 4.27. The number of benzene rings is 1. The lowest BCUT2D eigenvalue weighted by Gasteiger charge is -2.14. The lowest BCUT2D eigenvalue weighted by Crippen LogP contribution is -2.05. The molecule has 4 nitrogen and oxygen atoms in total. The second kappa shape index (κ2) is 5.75. The molecule has 0 radical (unpaired) electrons. The Labute approximate surface area is 121 Å². The van der Waals surface area contributed by atoms with Gasteiger partial charge in [-0.05, 0) is 40.5 Å². The van der Waals surface area contributed by atoms with Crippen LogP contribution in [0.25, 0.3) is 0 Å². The monoisotopic (exact) mass is 324 g/mol. The highest BCUT2D eigenvalue weighted by molar-refractivity contribution is 9.10. The molecule has 102 valence electrons. The van der Waals surface area contributed by atoms with Gasteiger partial charge in [0.1, 0.15) is 17.5 Å². The van der Waals surface area contributed by atoms with E-state index >= 15 is 0 Å². The molecule has 0 N–H and O–H groups in total. The predicted octanol–water partition coefficient (Wildman–Crippen LogP) is 3.24. The summed E-state index contributed by atoms with van der Waals surface area (Å²) in [5.74, 6) is 0.829. The number of hydrogen-bond donors (Lipinski definition) is 0. The normalized spacial score (nSPS) is 12.5. The number of hydrogen-bond acceptors (Lipinski definition) is 3. The van der Waals surface area contributed by atoms with E-state index in [1.807, 2.05) is 42.9 Å². The molecule has 0 saturated carbocycles. The first-order valence-corrected chi connectivity index (χ1v) is 6.73. The molecule has 1 aromatic heterocycles. The maximum Gasteiger partial charge on any atom is 0.127 e. The summed E-state index contributed by atoms with van der Waals surface area (Å²) >= 11 is 3.58. The first kappa shape index (κ1) is 14.1. The zero-order chi connectivity index (χ0) is 14.0. The van der Waals surface area contributed by atoms with E-state index in [0.717, 1.165) is 27.2 Å². The van der Waals surface area contributed by atoms with Gasteiger partial charge in [-0.25, -0.2) is 0 Å². The van der Waals surface area contributed by atoms with Gasteiger partial charge in [0.05, 0.1) is 11.6 Å². The van der Waals surface area contributed by atoms with E-state index in [9.17, 15) is 0 Å². The Bertz CT molecular complexity index is 564. The van der Waals surface area contributed by atoms with Crippen LogP contribution in [0.2, 0.25) is 0 Å². The third kappa shape index (κ3) is 2.67. The molecule has 0 bridgehead atoms. The number of aryl methyl sites for hydroxylation is 1. The van der Waals surface area contributed by atoms with Gasteiger partial charge < -0.3 is 9.47 Å². The molecule has 0 spiro atoms. The van der Waals surface area contributed by atoms with Crippen molar-refractivity contribution in [2.75, 3.05) is 14.2 Å². The quantitative estimate of drug-likeness (QED) is 0.866. The van der Waals surface area contributed by atoms with Gasteiger partial charge >= 0.3 is 0 Å². The SMILES string of the molecule is COc1ccc(C(OC)c2nn(C)c(C)c2Br)cc1. The number of rotatable bonds is 4. The van der Waals surface area contributed by atoms with Gasteiger partial charge in [-0.3, -0.25) is 4.68 Å². The fourth-order valence-corrected chi connectivity index (χ4v) is 2.50. The minimum absolute atomic E-state index is 0.194. The van der Waals surface area contributed by atoms with E-state index in [1.165, 1.54) is 0 Å². The van der Waals surface area contributed by atoms with E-state index in [0.29, 0.717) is 0 Å². The fraction of sp³-hybridized carbons (Fsp3) is 0.357. The summed E-state index contributed by atoms with van der Waals surface area (Å²) in [5, 5.41) is 4.51. The van der Waals surface area contributed by atoms with Crippen molar-refractivity contribution in [2.45, 2.75) is 13.0 Å². The highest BCUT2D eigenvalue weighted by Gasteiger charge is 2.21. The topological polar surface area (TPSA) is 36.3 Å².